The Bertz CT molecular complexity index is 911. The summed E-state index contributed by atoms with van der Waals surface area (Å²) in [5, 5.41) is 3.56. The molecule has 1 heterocycles. The van der Waals surface area contributed by atoms with Crippen molar-refractivity contribution < 1.29 is 4.79 Å². The molecule has 0 aliphatic rings. The lowest BCUT2D eigenvalue weighted by molar-refractivity contribution is -0.113. The van der Waals surface area contributed by atoms with Gasteiger partial charge in [0.1, 0.15) is 0 Å². The van der Waals surface area contributed by atoms with Crippen molar-refractivity contribution >= 4 is 46.5 Å². The minimum Gasteiger partial charge on any atom is -0.325 e. The molecule has 0 saturated heterocycles. The molecular formula is C18H16ClN3OS2. The fourth-order valence-corrected chi connectivity index (χ4v) is 3.83. The number of hydrogen-bond donors (Lipinski definition) is 1. The normalized spacial score (nSPS) is 10.7. The van der Waals surface area contributed by atoms with Crippen molar-refractivity contribution in [2.24, 2.45) is 0 Å². The molecule has 2 aromatic carbocycles. The summed E-state index contributed by atoms with van der Waals surface area (Å²) in [4.78, 5) is 16.6. The minimum absolute atomic E-state index is 0.0619. The number of nitrogens with zero attached hydrogens (tertiary/aromatic N) is 2. The van der Waals surface area contributed by atoms with Crippen LogP contribution in [0.2, 0.25) is 5.02 Å². The second-order valence-electron chi connectivity index (χ2n) is 5.52. The second-order valence-corrected chi connectivity index (χ2v) is 7.90. The van der Waals surface area contributed by atoms with E-state index in [0.717, 1.165) is 26.7 Å². The fourth-order valence-electron chi connectivity index (χ4n) is 2.20. The quantitative estimate of drug-likeness (QED) is 0.609. The van der Waals surface area contributed by atoms with E-state index in [0.29, 0.717) is 10.8 Å². The Morgan fingerprint density at radius 1 is 1.24 bits per heavy atom. The van der Waals surface area contributed by atoms with Crippen LogP contribution in [0.3, 0.4) is 0 Å². The molecule has 0 radical (unpaired) electrons. The average molecular weight is 390 g/mol. The predicted molar refractivity (Wildman–Crippen MR) is 106 cm³/mol. The van der Waals surface area contributed by atoms with E-state index in [1.165, 1.54) is 23.3 Å². The summed E-state index contributed by atoms with van der Waals surface area (Å²) < 4.78 is 5.07. The number of rotatable bonds is 5. The first-order valence-corrected chi connectivity index (χ1v) is 9.75. The molecule has 0 atom stereocenters. The van der Waals surface area contributed by atoms with Crippen LogP contribution in [0.15, 0.2) is 46.8 Å². The van der Waals surface area contributed by atoms with Gasteiger partial charge in [0.25, 0.3) is 0 Å². The van der Waals surface area contributed by atoms with Crippen LogP contribution in [0.25, 0.3) is 11.4 Å². The van der Waals surface area contributed by atoms with Crippen LogP contribution in [0.5, 0.6) is 0 Å². The first kappa shape index (κ1) is 17.9. The number of anilines is 1. The highest BCUT2D eigenvalue weighted by Gasteiger charge is 2.12. The smallest absolute Gasteiger partial charge is 0.234 e. The van der Waals surface area contributed by atoms with Crippen molar-refractivity contribution in [3.8, 4) is 11.4 Å². The van der Waals surface area contributed by atoms with E-state index in [9.17, 15) is 4.79 Å². The fraction of sp³-hybridized carbons (Fsp3) is 0.167. The number of thioether (sulfide) groups is 1. The van der Waals surface area contributed by atoms with Crippen LogP contribution in [-0.4, -0.2) is 21.0 Å². The van der Waals surface area contributed by atoms with Crippen molar-refractivity contribution in [1.82, 2.24) is 9.36 Å². The Hall–Kier alpha value is -1.89. The highest BCUT2D eigenvalue weighted by molar-refractivity contribution is 8.01. The molecule has 3 rings (SSSR count). The molecule has 25 heavy (non-hydrogen) atoms. The maximum Gasteiger partial charge on any atom is 0.234 e. The molecular weight excluding hydrogens is 374 g/mol. The Labute approximate surface area is 159 Å². The molecule has 1 N–H and O–H groups in total. The molecule has 0 saturated carbocycles. The van der Waals surface area contributed by atoms with Gasteiger partial charge in [0.05, 0.1) is 10.8 Å². The topological polar surface area (TPSA) is 54.9 Å². The highest BCUT2D eigenvalue weighted by atomic mass is 35.5. The number of aryl methyl sites for hydroxylation is 2. The number of nitrogens with one attached hydrogen (secondary N) is 1. The van der Waals surface area contributed by atoms with Gasteiger partial charge in [-0.15, -0.1) is 0 Å². The minimum atomic E-state index is -0.0619. The molecule has 4 nitrogen and oxygen atoms in total. The van der Waals surface area contributed by atoms with E-state index in [-0.39, 0.29) is 11.7 Å². The van der Waals surface area contributed by atoms with Crippen LogP contribution in [0, 0.1) is 13.8 Å². The standard InChI is InChI=1S/C18H16ClN3OS2/c1-11-7-8-12(2)15(9-11)20-16(23)10-24-18-21-17(22-25-18)13-5-3-4-6-14(13)19/h3-9H,10H2,1-2H3,(H,20,23). The highest BCUT2D eigenvalue weighted by Crippen LogP contribution is 2.29. The molecule has 7 heteroatoms. The summed E-state index contributed by atoms with van der Waals surface area (Å²) in [7, 11) is 0. The maximum absolute atomic E-state index is 12.2. The van der Waals surface area contributed by atoms with E-state index in [1.807, 2.05) is 56.3 Å². The number of aromatic nitrogens is 2. The van der Waals surface area contributed by atoms with E-state index in [2.05, 4.69) is 14.7 Å². The third kappa shape index (κ3) is 4.60. The second kappa shape index (κ2) is 7.99. The molecule has 1 aromatic heterocycles. The van der Waals surface area contributed by atoms with Crippen molar-refractivity contribution in [2.75, 3.05) is 11.1 Å². The van der Waals surface area contributed by atoms with Gasteiger partial charge in [-0.2, -0.15) is 4.37 Å². The summed E-state index contributed by atoms with van der Waals surface area (Å²) in [5.74, 6) is 0.811. The molecule has 3 aromatic rings. The van der Waals surface area contributed by atoms with Crippen molar-refractivity contribution in [3.05, 3.63) is 58.6 Å². The van der Waals surface area contributed by atoms with Crippen molar-refractivity contribution in [2.45, 2.75) is 18.2 Å². The van der Waals surface area contributed by atoms with Gasteiger partial charge in [0, 0.05) is 11.3 Å². The first-order chi connectivity index (χ1) is 12.0. The lowest BCUT2D eigenvalue weighted by atomic mass is 10.1. The van der Waals surface area contributed by atoms with E-state index in [4.69, 9.17) is 11.6 Å². The van der Waals surface area contributed by atoms with Gasteiger partial charge in [0.2, 0.25) is 5.91 Å². The van der Waals surface area contributed by atoms with Crippen LogP contribution < -0.4 is 5.32 Å². The summed E-state index contributed by atoms with van der Waals surface area (Å²) >= 11 is 8.81. The monoisotopic (exact) mass is 389 g/mol. The van der Waals surface area contributed by atoms with Crippen LogP contribution in [0.1, 0.15) is 11.1 Å². The third-order valence-electron chi connectivity index (χ3n) is 3.52. The molecule has 0 unspecified atom stereocenters. The number of halogens is 1. The largest absolute Gasteiger partial charge is 0.325 e. The average Bonchev–Trinajstić information content (AvgIpc) is 3.05. The van der Waals surface area contributed by atoms with Crippen molar-refractivity contribution in [3.63, 3.8) is 0 Å². The summed E-state index contributed by atoms with van der Waals surface area (Å²) in [6, 6.07) is 13.4. The zero-order chi connectivity index (χ0) is 17.8. The summed E-state index contributed by atoms with van der Waals surface area (Å²) in [6.07, 6.45) is 0. The third-order valence-corrected chi connectivity index (χ3v) is 5.68. The summed E-state index contributed by atoms with van der Waals surface area (Å²) in [5.41, 5.74) is 3.80. The van der Waals surface area contributed by atoms with Gasteiger partial charge in [-0.3, -0.25) is 4.79 Å². The van der Waals surface area contributed by atoms with Gasteiger partial charge in [-0.05, 0) is 54.7 Å². The lowest BCUT2D eigenvalue weighted by Gasteiger charge is -2.08. The van der Waals surface area contributed by atoms with E-state index >= 15 is 0 Å². The molecule has 0 aliphatic carbocycles. The van der Waals surface area contributed by atoms with Gasteiger partial charge in [0.15, 0.2) is 10.2 Å². The van der Waals surface area contributed by atoms with Crippen molar-refractivity contribution in [1.29, 1.82) is 0 Å². The Balaban J connectivity index is 1.61. The molecule has 0 aliphatic heterocycles. The van der Waals surface area contributed by atoms with Gasteiger partial charge in [-0.1, -0.05) is 47.6 Å². The zero-order valence-corrected chi connectivity index (χ0v) is 16.1. The Morgan fingerprint density at radius 3 is 2.84 bits per heavy atom. The summed E-state index contributed by atoms with van der Waals surface area (Å²) in [6.45, 7) is 3.98. The van der Waals surface area contributed by atoms with Gasteiger partial charge >= 0.3 is 0 Å². The molecule has 0 bridgehead atoms. The maximum atomic E-state index is 12.2. The van der Waals surface area contributed by atoms with E-state index in [1.54, 1.807) is 0 Å². The Morgan fingerprint density at radius 2 is 2.04 bits per heavy atom. The van der Waals surface area contributed by atoms with Crippen LogP contribution in [0.4, 0.5) is 5.69 Å². The SMILES string of the molecule is Cc1ccc(C)c(NC(=O)CSc2nc(-c3ccccc3Cl)ns2)c1. The first-order valence-electron chi connectivity index (χ1n) is 7.61. The molecule has 0 fully saturated rings. The predicted octanol–water partition coefficient (Wildman–Crippen LogP) is 5.21. The van der Waals surface area contributed by atoms with Gasteiger partial charge < -0.3 is 5.32 Å². The van der Waals surface area contributed by atoms with Crippen LogP contribution >= 0.6 is 34.9 Å². The number of carbonyl (C=O) groups excluding carboxylic acids is 1. The molecule has 0 spiro atoms. The van der Waals surface area contributed by atoms with E-state index < -0.39 is 0 Å². The number of hydrogen-bond acceptors (Lipinski definition) is 5. The molecule has 1 amide bonds. The number of benzene rings is 2. The Kier molecular flexibility index (Phi) is 5.73. The number of carbonyl (C=O) groups is 1. The zero-order valence-electron chi connectivity index (χ0n) is 13.7. The van der Waals surface area contributed by atoms with Gasteiger partial charge in [-0.25, -0.2) is 4.98 Å². The van der Waals surface area contributed by atoms with Crippen LogP contribution in [-0.2, 0) is 4.79 Å². The molecule has 128 valence electrons. The lowest BCUT2D eigenvalue weighted by Crippen LogP contribution is -2.14. The number of amides is 1.